The van der Waals surface area contributed by atoms with Gasteiger partial charge < -0.3 is 19.9 Å². The number of anilines is 2. The van der Waals surface area contributed by atoms with Crippen LogP contribution in [0.25, 0.3) is 22.6 Å². The highest BCUT2D eigenvalue weighted by Gasteiger charge is 2.36. The topological polar surface area (TPSA) is 108 Å². The molecule has 3 fully saturated rings. The molecule has 3 aromatic rings. The average Bonchev–Trinajstić information content (AvgIpc) is 3.04. The van der Waals surface area contributed by atoms with E-state index in [1.807, 2.05) is 0 Å². The Bertz CT molecular complexity index is 1030. The number of rotatable bonds is 3. The Morgan fingerprint density at radius 2 is 2.04 bits per heavy atom. The van der Waals surface area contributed by atoms with E-state index in [0.29, 0.717) is 34.7 Å². The zero-order valence-electron chi connectivity index (χ0n) is 15.7. The van der Waals surface area contributed by atoms with Gasteiger partial charge in [0.2, 0.25) is 5.95 Å². The molecular formula is C18H21BrN8O. The van der Waals surface area contributed by atoms with Crippen molar-refractivity contribution in [1.82, 2.24) is 29.5 Å². The summed E-state index contributed by atoms with van der Waals surface area (Å²) in [7, 11) is 0. The second kappa shape index (κ2) is 6.63. The molecule has 0 spiro atoms. The highest BCUT2D eigenvalue weighted by molar-refractivity contribution is 9.10. The van der Waals surface area contributed by atoms with Gasteiger partial charge in [-0.25, -0.2) is 19.9 Å². The fourth-order valence-corrected chi connectivity index (χ4v) is 4.71. The molecule has 0 aromatic carbocycles. The van der Waals surface area contributed by atoms with Gasteiger partial charge in [0, 0.05) is 12.6 Å². The van der Waals surface area contributed by atoms with Crippen molar-refractivity contribution < 1.29 is 4.74 Å². The van der Waals surface area contributed by atoms with Crippen molar-refractivity contribution >= 4 is 38.9 Å². The number of piperidine rings is 1. The number of hydrogen-bond acceptors (Lipinski definition) is 8. The number of imidazole rings is 1. The van der Waals surface area contributed by atoms with Gasteiger partial charge in [-0.1, -0.05) is 0 Å². The van der Waals surface area contributed by atoms with Crippen molar-refractivity contribution in [3.63, 3.8) is 0 Å². The quantitative estimate of drug-likeness (QED) is 0.613. The number of hydrogen-bond donors (Lipinski definition) is 1. The van der Waals surface area contributed by atoms with Crippen molar-refractivity contribution in [2.45, 2.75) is 44.9 Å². The van der Waals surface area contributed by atoms with Gasteiger partial charge in [-0.15, -0.1) is 0 Å². The van der Waals surface area contributed by atoms with Crippen molar-refractivity contribution in [2.75, 3.05) is 23.8 Å². The highest BCUT2D eigenvalue weighted by Crippen LogP contribution is 2.34. The number of halogens is 1. The van der Waals surface area contributed by atoms with Gasteiger partial charge in [-0.3, -0.25) is 0 Å². The minimum Gasteiger partial charge on any atom is -0.382 e. The largest absolute Gasteiger partial charge is 0.382 e. The summed E-state index contributed by atoms with van der Waals surface area (Å²) in [5.41, 5.74) is 8.48. The van der Waals surface area contributed by atoms with Crippen LogP contribution in [0, 0.1) is 0 Å². The lowest BCUT2D eigenvalue weighted by Crippen LogP contribution is -2.55. The summed E-state index contributed by atoms with van der Waals surface area (Å²) in [6.45, 7) is 5.73. The van der Waals surface area contributed by atoms with Gasteiger partial charge >= 0.3 is 0 Å². The van der Waals surface area contributed by atoms with Gasteiger partial charge in [0.05, 0.1) is 31.1 Å². The zero-order valence-corrected chi connectivity index (χ0v) is 17.3. The molecule has 2 atom stereocenters. The summed E-state index contributed by atoms with van der Waals surface area (Å²) >= 11 is 3.58. The molecule has 3 aromatic heterocycles. The monoisotopic (exact) mass is 444 g/mol. The molecule has 9 nitrogen and oxygen atoms in total. The Kier molecular flexibility index (Phi) is 4.20. The Labute approximate surface area is 170 Å². The van der Waals surface area contributed by atoms with Gasteiger partial charge in [-0.2, -0.15) is 4.98 Å². The first-order valence-electron chi connectivity index (χ1n) is 9.43. The van der Waals surface area contributed by atoms with E-state index in [2.05, 4.69) is 54.2 Å². The first-order chi connectivity index (χ1) is 13.5. The summed E-state index contributed by atoms with van der Waals surface area (Å²) in [6, 6.07) is 0.486. The lowest BCUT2D eigenvalue weighted by atomic mass is 9.97. The van der Waals surface area contributed by atoms with Crippen LogP contribution in [-0.4, -0.2) is 54.8 Å². The van der Waals surface area contributed by atoms with Crippen LogP contribution in [0.1, 0.15) is 32.7 Å². The van der Waals surface area contributed by atoms with Gasteiger partial charge in [0.25, 0.3) is 0 Å². The van der Waals surface area contributed by atoms with E-state index in [1.165, 1.54) is 6.20 Å². The fourth-order valence-electron chi connectivity index (χ4n) is 3.96. The fraction of sp³-hybridized carbons (Fsp3) is 0.500. The zero-order chi connectivity index (χ0) is 19.4. The molecule has 2 bridgehead atoms. The van der Waals surface area contributed by atoms with E-state index >= 15 is 0 Å². The van der Waals surface area contributed by atoms with E-state index in [4.69, 9.17) is 20.4 Å². The molecular weight excluding hydrogens is 424 g/mol. The number of nitrogen functional groups attached to an aromatic ring is 1. The van der Waals surface area contributed by atoms with E-state index in [9.17, 15) is 0 Å². The average molecular weight is 445 g/mol. The predicted octanol–water partition coefficient (Wildman–Crippen LogP) is 2.58. The van der Waals surface area contributed by atoms with Crippen LogP contribution >= 0.6 is 15.9 Å². The van der Waals surface area contributed by atoms with E-state index < -0.39 is 0 Å². The van der Waals surface area contributed by atoms with E-state index in [1.54, 1.807) is 6.20 Å². The standard InChI is InChI=1S/C18H21BrN8O/c1-9(2)27-16-15(23-17(27)19)14(12-5-22-13(20)6-21-12)24-18(25-16)26-7-11-4-3-10(26)8-28-11/h5-6,9-11H,3-4,7-8H2,1-2H3,(H2,20,22). The minimum absolute atomic E-state index is 0.189. The molecule has 3 saturated heterocycles. The Morgan fingerprint density at radius 1 is 1.18 bits per heavy atom. The molecule has 0 aliphatic carbocycles. The maximum Gasteiger partial charge on any atom is 0.228 e. The summed E-state index contributed by atoms with van der Waals surface area (Å²) < 4.78 is 8.63. The summed E-state index contributed by atoms with van der Waals surface area (Å²) in [6.07, 6.45) is 5.60. The van der Waals surface area contributed by atoms with Gasteiger partial charge in [0.1, 0.15) is 22.7 Å². The van der Waals surface area contributed by atoms with Gasteiger partial charge in [0.15, 0.2) is 10.4 Å². The number of fused-ring (bicyclic) bond motifs is 4. The van der Waals surface area contributed by atoms with Crippen LogP contribution in [0.3, 0.4) is 0 Å². The number of nitrogens with two attached hydrogens (primary N) is 1. The Balaban J connectivity index is 1.73. The number of aromatic nitrogens is 6. The number of morpholine rings is 1. The van der Waals surface area contributed by atoms with Gasteiger partial charge in [-0.05, 0) is 42.6 Å². The molecule has 146 valence electrons. The van der Waals surface area contributed by atoms with E-state index in [-0.39, 0.29) is 12.1 Å². The predicted molar refractivity (Wildman–Crippen MR) is 109 cm³/mol. The van der Waals surface area contributed by atoms with E-state index in [0.717, 1.165) is 36.4 Å². The van der Waals surface area contributed by atoms with Crippen LogP contribution in [-0.2, 0) is 4.74 Å². The normalized spacial score (nSPS) is 21.8. The third-order valence-corrected chi connectivity index (χ3v) is 5.92. The maximum atomic E-state index is 5.85. The summed E-state index contributed by atoms with van der Waals surface area (Å²) in [5, 5.41) is 0. The van der Waals surface area contributed by atoms with Crippen LogP contribution in [0.4, 0.5) is 11.8 Å². The molecule has 0 amide bonds. The second-order valence-corrected chi connectivity index (χ2v) is 8.26. The summed E-state index contributed by atoms with van der Waals surface area (Å²) in [4.78, 5) is 25.4. The smallest absolute Gasteiger partial charge is 0.228 e. The molecule has 3 aliphatic rings. The van der Waals surface area contributed by atoms with Crippen LogP contribution < -0.4 is 10.6 Å². The molecule has 0 saturated carbocycles. The minimum atomic E-state index is 0.189. The lowest BCUT2D eigenvalue weighted by molar-refractivity contribution is -0.0231. The van der Waals surface area contributed by atoms with Crippen molar-refractivity contribution in [3.8, 4) is 11.4 Å². The molecule has 6 rings (SSSR count). The molecule has 3 aliphatic heterocycles. The number of nitrogens with zero attached hydrogens (tertiary/aromatic N) is 7. The maximum absolute atomic E-state index is 5.85. The third-order valence-electron chi connectivity index (χ3n) is 5.36. The second-order valence-electron chi connectivity index (χ2n) is 7.55. The SMILES string of the molecule is CC(C)n1c(Br)nc2c(-c3cnc(N)cn3)nc(N3CC4CCC3CO4)nc21. The van der Waals surface area contributed by atoms with Crippen molar-refractivity contribution in [1.29, 1.82) is 0 Å². The molecule has 2 N–H and O–H groups in total. The third kappa shape index (κ3) is 2.82. The number of ether oxygens (including phenoxy) is 1. The van der Waals surface area contributed by atoms with Crippen LogP contribution in [0.5, 0.6) is 0 Å². The molecule has 6 heterocycles. The highest BCUT2D eigenvalue weighted by atomic mass is 79.9. The first-order valence-corrected chi connectivity index (χ1v) is 10.2. The molecule has 10 heteroatoms. The first kappa shape index (κ1) is 17.7. The molecule has 2 unspecified atom stereocenters. The van der Waals surface area contributed by atoms with Crippen LogP contribution in [0.15, 0.2) is 17.1 Å². The Morgan fingerprint density at radius 3 is 2.64 bits per heavy atom. The lowest BCUT2D eigenvalue weighted by Gasteiger charge is -2.45. The summed E-state index contributed by atoms with van der Waals surface area (Å²) in [5.74, 6) is 1.06. The van der Waals surface area contributed by atoms with Crippen molar-refractivity contribution in [2.24, 2.45) is 0 Å². The Hall–Kier alpha value is -2.33. The molecule has 0 radical (unpaired) electrons. The molecule has 28 heavy (non-hydrogen) atoms. The van der Waals surface area contributed by atoms with Crippen molar-refractivity contribution in [3.05, 3.63) is 17.1 Å². The van der Waals surface area contributed by atoms with Crippen LogP contribution in [0.2, 0.25) is 0 Å².